The molecule has 1 aromatic carbocycles. The number of nitriles is 1. The maximum Gasteiger partial charge on any atom is 0.263 e. The van der Waals surface area contributed by atoms with Gasteiger partial charge in [-0.15, -0.1) is 0 Å². The van der Waals surface area contributed by atoms with Gasteiger partial charge in [0.2, 0.25) is 0 Å². The minimum Gasteiger partial charge on any atom is -0.497 e. The lowest BCUT2D eigenvalue weighted by molar-refractivity contribution is -0.117. The number of rotatable bonds is 8. The number of amides is 1. The Morgan fingerprint density at radius 2 is 2.09 bits per heavy atom. The molecule has 1 rings (SSSR count). The molecular weight excluding hydrogens is 278 g/mol. The molecular formula is C17H23N3O2. The molecule has 1 unspecified atom stereocenters. The molecule has 0 aliphatic carbocycles. The summed E-state index contributed by atoms with van der Waals surface area (Å²) < 4.78 is 5.09. The van der Waals surface area contributed by atoms with Gasteiger partial charge in [-0.3, -0.25) is 4.79 Å². The minimum atomic E-state index is -0.355. The van der Waals surface area contributed by atoms with Crippen molar-refractivity contribution in [3.63, 3.8) is 0 Å². The second-order valence-electron chi connectivity index (χ2n) is 5.00. The summed E-state index contributed by atoms with van der Waals surface area (Å²) in [5.74, 6) is 0.449. The Labute approximate surface area is 132 Å². The number of hydrogen-bond donors (Lipinski definition) is 2. The molecule has 0 saturated carbocycles. The van der Waals surface area contributed by atoms with Gasteiger partial charge < -0.3 is 15.4 Å². The summed E-state index contributed by atoms with van der Waals surface area (Å²) in [5.41, 5.74) is 1.19. The summed E-state index contributed by atoms with van der Waals surface area (Å²) in [6.07, 6.45) is 3.11. The van der Waals surface area contributed by atoms with E-state index in [1.165, 1.54) is 6.20 Å². The van der Waals surface area contributed by atoms with E-state index in [-0.39, 0.29) is 17.5 Å². The lowest BCUT2D eigenvalue weighted by Crippen LogP contribution is -2.28. The third-order valence-corrected chi connectivity index (χ3v) is 3.35. The van der Waals surface area contributed by atoms with E-state index in [4.69, 9.17) is 10.00 Å². The minimum absolute atomic E-state index is 0.0926. The molecule has 0 aliphatic heterocycles. The summed E-state index contributed by atoms with van der Waals surface area (Å²) in [7, 11) is 1.62. The largest absolute Gasteiger partial charge is 0.497 e. The van der Waals surface area contributed by atoms with Crippen molar-refractivity contribution in [1.29, 1.82) is 5.26 Å². The van der Waals surface area contributed by atoms with Gasteiger partial charge in [-0.05, 0) is 37.5 Å². The smallest absolute Gasteiger partial charge is 0.263 e. The zero-order chi connectivity index (χ0) is 16.4. The van der Waals surface area contributed by atoms with Crippen molar-refractivity contribution >= 4 is 5.91 Å². The quantitative estimate of drug-likeness (QED) is 0.570. The number of ether oxygens (including phenoxy) is 1. The van der Waals surface area contributed by atoms with Gasteiger partial charge in [-0.25, -0.2) is 0 Å². The maximum atomic E-state index is 11.9. The molecule has 0 aliphatic rings. The van der Waals surface area contributed by atoms with Gasteiger partial charge in [0.05, 0.1) is 7.11 Å². The van der Waals surface area contributed by atoms with E-state index in [0.29, 0.717) is 13.0 Å². The van der Waals surface area contributed by atoms with Crippen molar-refractivity contribution in [3.05, 3.63) is 41.6 Å². The van der Waals surface area contributed by atoms with Crippen molar-refractivity contribution < 1.29 is 9.53 Å². The molecule has 118 valence electrons. The third kappa shape index (κ3) is 5.88. The van der Waals surface area contributed by atoms with Gasteiger partial charge in [0.1, 0.15) is 17.4 Å². The lowest BCUT2D eigenvalue weighted by atomic mass is 10.1. The van der Waals surface area contributed by atoms with Crippen LogP contribution in [0.5, 0.6) is 5.75 Å². The van der Waals surface area contributed by atoms with E-state index in [1.54, 1.807) is 7.11 Å². The van der Waals surface area contributed by atoms with E-state index in [9.17, 15) is 4.79 Å². The van der Waals surface area contributed by atoms with Crippen LogP contribution in [0, 0.1) is 11.3 Å². The van der Waals surface area contributed by atoms with Crippen molar-refractivity contribution in [3.8, 4) is 11.8 Å². The molecule has 0 aromatic heterocycles. The fourth-order valence-corrected chi connectivity index (χ4v) is 1.70. The van der Waals surface area contributed by atoms with Crippen molar-refractivity contribution in [1.82, 2.24) is 10.6 Å². The monoisotopic (exact) mass is 301 g/mol. The first-order valence-corrected chi connectivity index (χ1v) is 7.38. The number of methoxy groups -OCH3 is 1. The Balaban J connectivity index is 2.45. The van der Waals surface area contributed by atoms with Crippen LogP contribution in [0.15, 0.2) is 36.0 Å². The second-order valence-corrected chi connectivity index (χ2v) is 5.00. The summed E-state index contributed by atoms with van der Waals surface area (Å²) in [5, 5.41) is 14.8. The molecule has 2 N–H and O–H groups in total. The first-order chi connectivity index (χ1) is 10.6. The number of carbonyl (C=O) groups excluding carboxylic acids is 1. The molecule has 0 spiro atoms. The molecule has 5 heteroatoms. The summed E-state index contributed by atoms with van der Waals surface area (Å²) in [6.45, 7) is 4.51. The first kappa shape index (κ1) is 17.6. The molecule has 1 amide bonds. The second kappa shape index (κ2) is 9.46. The molecule has 0 bridgehead atoms. The summed E-state index contributed by atoms with van der Waals surface area (Å²) in [6, 6.07) is 9.82. The highest BCUT2D eigenvalue weighted by molar-refractivity contribution is 5.97. The Kier molecular flexibility index (Phi) is 7.55. The predicted molar refractivity (Wildman–Crippen MR) is 86.3 cm³/mol. The molecule has 5 nitrogen and oxygen atoms in total. The van der Waals surface area contributed by atoms with E-state index in [0.717, 1.165) is 17.7 Å². The number of benzene rings is 1. The van der Waals surface area contributed by atoms with Crippen LogP contribution in [-0.4, -0.2) is 25.6 Å². The van der Waals surface area contributed by atoms with E-state index in [2.05, 4.69) is 10.6 Å². The highest BCUT2D eigenvalue weighted by Gasteiger charge is 2.08. The van der Waals surface area contributed by atoms with Crippen molar-refractivity contribution in [2.75, 3.05) is 13.7 Å². The van der Waals surface area contributed by atoms with Crippen LogP contribution in [0.2, 0.25) is 0 Å². The van der Waals surface area contributed by atoms with Gasteiger partial charge >= 0.3 is 0 Å². The van der Waals surface area contributed by atoms with Crippen LogP contribution in [-0.2, 0) is 11.2 Å². The van der Waals surface area contributed by atoms with E-state index < -0.39 is 0 Å². The summed E-state index contributed by atoms with van der Waals surface area (Å²) >= 11 is 0. The van der Waals surface area contributed by atoms with Crippen LogP contribution >= 0.6 is 0 Å². The first-order valence-electron chi connectivity index (χ1n) is 7.38. The van der Waals surface area contributed by atoms with Crippen LogP contribution < -0.4 is 15.4 Å². The van der Waals surface area contributed by atoms with Gasteiger partial charge in [0, 0.05) is 18.8 Å². The summed E-state index contributed by atoms with van der Waals surface area (Å²) in [4.78, 5) is 11.9. The van der Waals surface area contributed by atoms with Gasteiger partial charge in [0.15, 0.2) is 0 Å². The predicted octanol–water partition coefficient (Wildman–Crippen LogP) is 2.15. The molecule has 22 heavy (non-hydrogen) atoms. The zero-order valence-electron chi connectivity index (χ0n) is 13.3. The fourth-order valence-electron chi connectivity index (χ4n) is 1.70. The Hall–Kier alpha value is -2.48. The van der Waals surface area contributed by atoms with Crippen LogP contribution in [0.4, 0.5) is 0 Å². The van der Waals surface area contributed by atoms with Gasteiger partial charge in [-0.1, -0.05) is 19.1 Å². The third-order valence-electron chi connectivity index (χ3n) is 3.35. The topological polar surface area (TPSA) is 74.2 Å². The normalized spacial score (nSPS) is 12.2. The fraction of sp³-hybridized carbons (Fsp3) is 0.412. The van der Waals surface area contributed by atoms with Crippen molar-refractivity contribution in [2.45, 2.75) is 32.7 Å². The highest BCUT2D eigenvalue weighted by Crippen LogP contribution is 2.11. The Morgan fingerprint density at radius 3 is 2.64 bits per heavy atom. The van der Waals surface area contributed by atoms with Gasteiger partial charge in [-0.2, -0.15) is 5.26 Å². The van der Waals surface area contributed by atoms with Crippen LogP contribution in [0.25, 0.3) is 0 Å². The average Bonchev–Trinajstić information content (AvgIpc) is 2.55. The standard InChI is InChI=1S/C17H23N3O2/c1-4-13(2)20-12-15(11-18)17(21)19-10-9-14-5-7-16(22-3)8-6-14/h5-8,12-13,20H,4,9-10H2,1-3H3,(H,19,21)/b15-12-. The highest BCUT2D eigenvalue weighted by atomic mass is 16.5. The maximum absolute atomic E-state index is 11.9. The average molecular weight is 301 g/mol. The van der Waals surface area contributed by atoms with Gasteiger partial charge in [0.25, 0.3) is 5.91 Å². The molecule has 1 aromatic rings. The number of carbonyl (C=O) groups is 1. The van der Waals surface area contributed by atoms with E-state index in [1.807, 2.05) is 44.2 Å². The molecule has 1 atom stereocenters. The Morgan fingerprint density at radius 1 is 1.41 bits per heavy atom. The Bertz CT molecular complexity index is 544. The zero-order valence-corrected chi connectivity index (χ0v) is 13.3. The number of nitrogens with one attached hydrogen (secondary N) is 2. The molecule has 0 radical (unpaired) electrons. The van der Waals surface area contributed by atoms with Crippen LogP contribution in [0.1, 0.15) is 25.8 Å². The van der Waals surface area contributed by atoms with Crippen molar-refractivity contribution in [2.24, 2.45) is 0 Å². The lowest BCUT2D eigenvalue weighted by Gasteiger charge is -2.09. The number of hydrogen-bond acceptors (Lipinski definition) is 4. The van der Waals surface area contributed by atoms with Crippen LogP contribution in [0.3, 0.4) is 0 Å². The molecule has 0 saturated heterocycles. The van der Waals surface area contributed by atoms with E-state index >= 15 is 0 Å². The number of nitrogens with zero attached hydrogens (tertiary/aromatic N) is 1. The SMILES string of the molecule is CCC(C)N/C=C(/C#N)C(=O)NCCc1ccc(OC)cc1. The molecule has 0 fully saturated rings. The molecule has 0 heterocycles.